The molecule has 1 aromatic heterocycles. The number of nitro groups is 1. The average Bonchev–Trinajstić information content (AvgIpc) is 1.94. The van der Waals surface area contributed by atoms with E-state index in [9.17, 15) is 10.1 Å². The van der Waals surface area contributed by atoms with Crippen LogP contribution < -0.4 is 0 Å². The third-order valence-corrected chi connectivity index (χ3v) is 1.55. The van der Waals surface area contributed by atoms with Gasteiger partial charge in [-0.3, -0.25) is 0 Å². The normalized spacial score (nSPS) is 9.64. The van der Waals surface area contributed by atoms with E-state index in [0.29, 0.717) is 0 Å². The molecule has 1 rings (SSSR count). The minimum Gasteiger partial charge on any atom is -0.358 e. The maximum absolute atomic E-state index is 10.2. The number of pyridine rings is 1. The third-order valence-electron chi connectivity index (χ3n) is 1.55. The van der Waals surface area contributed by atoms with Crippen molar-refractivity contribution in [1.29, 1.82) is 0 Å². The van der Waals surface area contributed by atoms with Crippen molar-refractivity contribution in [1.82, 2.24) is 4.98 Å². The molecule has 4 heteroatoms. The fraction of sp³-hybridized carbons (Fsp3) is 0.286. The molecule has 0 atom stereocenters. The quantitative estimate of drug-likeness (QED) is 0.453. The summed E-state index contributed by atoms with van der Waals surface area (Å²) >= 11 is 0. The smallest absolute Gasteiger partial charge is 0.358 e. The summed E-state index contributed by atoms with van der Waals surface area (Å²) in [5.74, 6) is -0.0897. The number of nitrogens with zero attached hydrogens (tertiary/aromatic N) is 2. The van der Waals surface area contributed by atoms with Gasteiger partial charge in [0.25, 0.3) is 0 Å². The first-order valence-electron chi connectivity index (χ1n) is 3.19. The van der Waals surface area contributed by atoms with Crippen LogP contribution in [-0.2, 0) is 0 Å². The van der Waals surface area contributed by atoms with Crippen LogP contribution in [0.4, 0.5) is 5.82 Å². The van der Waals surface area contributed by atoms with Gasteiger partial charge in [0, 0.05) is 6.07 Å². The summed E-state index contributed by atoms with van der Waals surface area (Å²) in [4.78, 5) is 13.4. The van der Waals surface area contributed by atoms with Crippen molar-refractivity contribution in [3.8, 4) is 0 Å². The number of aryl methyl sites for hydroxylation is 2. The lowest BCUT2D eigenvalue weighted by atomic mass is 10.2. The lowest BCUT2D eigenvalue weighted by Gasteiger charge is -1.95. The standard InChI is InChI=1S/C7H8N2O2/c1-5-3-7(9(10)11)8-4-6(5)2/h3-4H,1-2H3. The molecule has 1 aromatic rings. The van der Waals surface area contributed by atoms with Gasteiger partial charge in [-0.1, -0.05) is 0 Å². The lowest BCUT2D eigenvalue weighted by molar-refractivity contribution is -0.389. The highest BCUT2D eigenvalue weighted by Gasteiger charge is 2.06. The third kappa shape index (κ3) is 1.52. The molecule has 0 saturated carbocycles. The minimum atomic E-state index is -0.494. The monoisotopic (exact) mass is 152 g/mol. The summed E-state index contributed by atoms with van der Waals surface area (Å²) in [5.41, 5.74) is 1.86. The minimum absolute atomic E-state index is 0.0897. The Balaban J connectivity index is 3.15. The molecule has 0 spiro atoms. The SMILES string of the molecule is Cc1cnc([N+](=O)[O-])cc1C. The van der Waals surface area contributed by atoms with Crippen molar-refractivity contribution in [3.05, 3.63) is 33.5 Å². The van der Waals surface area contributed by atoms with E-state index in [0.717, 1.165) is 11.1 Å². The topological polar surface area (TPSA) is 56.0 Å². The summed E-state index contributed by atoms with van der Waals surface area (Å²) in [6.07, 6.45) is 1.51. The molecule has 0 amide bonds. The maximum Gasteiger partial charge on any atom is 0.363 e. The zero-order chi connectivity index (χ0) is 8.43. The summed E-state index contributed by atoms with van der Waals surface area (Å²) in [7, 11) is 0. The van der Waals surface area contributed by atoms with Crippen LogP contribution in [0.15, 0.2) is 12.3 Å². The first-order valence-corrected chi connectivity index (χ1v) is 3.19. The molecule has 0 radical (unpaired) electrons. The van der Waals surface area contributed by atoms with Gasteiger partial charge in [0.05, 0.1) is 0 Å². The fourth-order valence-electron chi connectivity index (χ4n) is 0.709. The van der Waals surface area contributed by atoms with Crippen molar-refractivity contribution in [2.24, 2.45) is 0 Å². The Morgan fingerprint density at radius 3 is 2.55 bits per heavy atom. The molecule has 0 bridgehead atoms. The van der Waals surface area contributed by atoms with E-state index in [2.05, 4.69) is 4.98 Å². The van der Waals surface area contributed by atoms with Gasteiger partial charge in [-0.2, -0.15) is 0 Å². The fourth-order valence-corrected chi connectivity index (χ4v) is 0.709. The predicted molar refractivity (Wildman–Crippen MR) is 40.4 cm³/mol. The van der Waals surface area contributed by atoms with Gasteiger partial charge in [-0.05, 0) is 34.9 Å². The number of aromatic nitrogens is 1. The molecular weight excluding hydrogens is 144 g/mol. The Kier molecular flexibility index (Phi) is 1.85. The number of hydrogen-bond donors (Lipinski definition) is 0. The summed E-state index contributed by atoms with van der Waals surface area (Å²) in [5, 5.41) is 10.2. The zero-order valence-electron chi connectivity index (χ0n) is 6.37. The number of hydrogen-bond acceptors (Lipinski definition) is 3. The molecule has 4 nitrogen and oxygen atoms in total. The van der Waals surface area contributed by atoms with E-state index < -0.39 is 4.92 Å². The number of rotatable bonds is 1. The van der Waals surface area contributed by atoms with Crippen LogP contribution in [0.3, 0.4) is 0 Å². The van der Waals surface area contributed by atoms with Gasteiger partial charge in [-0.15, -0.1) is 0 Å². The predicted octanol–water partition coefficient (Wildman–Crippen LogP) is 1.61. The highest BCUT2D eigenvalue weighted by molar-refractivity contribution is 5.30. The Bertz CT molecular complexity index is 296. The van der Waals surface area contributed by atoms with E-state index in [-0.39, 0.29) is 5.82 Å². The van der Waals surface area contributed by atoms with Crippen LogP contribution in [-0.4, -0.2) is 9.91 Å². The molecular formula is C7H8N2O2. The van der Waals surface area contributed by atoms with Crippen LogP contribution in [0.2, 0.25) is 0 Å². The van der Waals surface area contributed by atoms with Crippen LogP contribution >= 0.6 is 0 Å². The second-order valence-corrected chi connectivity index (χ2v) is 2.38. The molecule has 11 heavy (non-hydrogen) atoms. The van der Waals surface area contributed by atoms with E-state index in [1.807, 2.05) is 13.8 Å². The largest absolute Gasteiger partial charge is 0.363 e. The van der Waals surface area contributed by atoms with Crippen LogP contribution in [0.1, 0.15) is 11.1 Å². The average molecular weight is 152 g/mol. The molecule has 0 aliphatic rings. The maximum atomic E-state index is 10.2. The Morgan fingerprint density at radius 1 is 1.45 bits per heavy atom. The molecule has 0 fully saturated rings. The molecule has 1 heterocycles. The van der Waals surface area contributed by atoms with Gasteiger partial charge in [0.1, 0.15) is 6.20 Å². The highest BCUT2D eigenvalue weighted by Crippen LogP contribution is 2.11. The van der Waals surface area contributed by atoms with E-state index in [1.165, 1.54) is 12.3 Å². The van der Waals surface area contributed by atoms with Crippen molar-refractivity contribution < 1.29 is 4.92 Å². The van der Waals surface area contributed by atoms with Gasteiger partial charge < -0.3 is 10.1 Å². The first-order chi connectivity index (χ1) is 5.11. The molecule has 0 saturated heterocycles. The van der Waals surface area contributed by atoms with Crippen molar-refractivity contribution in [2.45, 2.75) is 13.8 Å². The van der Waals surface area contributed by atoms with Crippen molar-refractivity contribution >= 4 is 5.82 Å². The highest BCUT2D eigenvalue weighted by atomic mass is 16.6. The molecule has 0 aliphatic heterocycles. The van der Waals surface area contributed by atoms with Crippen molar-refractivity contribution in [3.63, 3.8) is 0 Å². The van der Waals surface area contributed by atoms with Gasteiger partial charge >= 0.3 is 5.82 Å². The van der Waals surface area contributed by atoms with E-state index in [1.54, 1.807) is 0 Å². The zero-order valence-corrected chi connectivity index (χ0v) is 6.37. The van der Waals surface area contributed by atoms with Gasteiger partial charge in [0.2, 0.25) is 0 Å². The molecule has 0 unspecified atom stereocenters. The van der Waals surface area contributed by atoms with Gasteiger partial charge in [-0.25, -0.2) is 0 Å². The lowest BCUT2D eigenvalue weighted by Crippen LogP contribution is -1.93. The molecule has 0 aliphatic carbocycles. The Labute approximate surface area is 64.0 Å². The van der Waals surface area contributed by atoms with Gasteiger partial charge in [0.15, 0.2) is 0 Å². The second-order valence-electron chi connectivity index (χ2n) is 2.38. The summed E-state index contributed by atoms with van der Waals surface area (Å²) in [6.45, 7) is 3.69. The summed E-state index contributed by atoms with van der Waals surface area (Å²) < 4.78 is 0. The Morgan fingerprint density at radius 2 is 2.09 bits per heavy atom. The Hall–Kier alpha value is -1.45. The summed E-state index contributed by atoms with van der Waals surface area (Å²) in [6, 6.07) is 1.47. The van der Waals surface area contributed by atoms with E-state index >= 15 is 0 Å². The second kappa shape index (κ2) is 2.65. The van der Waals surface area contributed by atoms with Crippen molar-refractivity contribution in [2.75, 3.05) is 0 Å². The van der Waals surface area contributed by atoms with Crippen LogP contribution in [0.25, 0.3) is 0 Å². The first kappa shape index (κ1) is 7.65. The molecule has 0 N–H and O–H groups in total. The van der Waals surface area contributed by atoms with E-state index in [4.69, 9.17) is 0 Å². The molecule has 58 valence electrons. The van der Waals surface area contributed by atoms with Crippen LogP contribution in [0, 0.1) is 24.0 Å². The van der Waals surface area contributed by atoms with Crippen LogP contribution in [0.5, 0.6) is 0 Å². The molecule has 0 aromatic carbocycles.